The average molecular weight is 659 g/mol. The molecule has 0 bridgehead atoms. The predicted molar refractivity (Wildman–Crippen MR) is 182 cm³/mol. The van der Waals surface area contributed by atoms with Crippen LogP contribution < -0.4 is 14.8 Å². The Labute approximate surface area is 285 Å². The highest BCUT2D eigenvalue weighted by molar-refractivity contribution is 6.22. The molecule has 0 saturated heterocycles. The smallest absolute Gasteiger partial charge is 0.262 e. The third kappa shape index (κ3) is 5.92. The fraction of sp³-hybridized carbons (Fsp3) is 0.308. The number of hydrogen-bond donors (Lipinski definition) is 1. The highest BCUT2D eigenvalue weighted by Crippen LogP contribution is 2.47. The number of nitrogens with zero attached hydrogens (tertiary/aromatic N) is 3. The molecule has 1 fully saturated rings. The summed E-state index contributed by atoms with van der Waals surface area (Å²) in [4.78, 5) is 63.3. The van der Waals surface area contributed by atoms with E-state index >= 15 is 0 Å². The SMILES string of the molecule is COc1ccc(NC(=O)[C@]2(N(Cc3cccnc3)C(=O)CN3C(=O)c4ccccc4C3=O)CC[C@@H]3Cc4ccccc4C[C@@H]3C2)c(OC)c1. The first-order valence-electron chi connectivity index (χ1n) is 16.6. The van der Waals surface area contributed by atoms with Crippen molar-refractivity contribution in [2.45, 2.75) is 44.2 Å². The summed E-state index contributed by atoms with van der Waals surface area (Å²) in [5.41, 5.74) is 2.97. The molecule has 3 aliphatic rings. The number of ether oxygens (including phenoxy) is 2. The van der Waals surface area contributed by atoms with Crippen molar-refractivity contribution in [3.63, 3.8) is 0 Å². The summed E-state index contributed by atoms with van der Waals surface area (Å²) in [6, 6.07) is 23.8. The summed E-state index contributed by atoms with van der Waals surface area (Å²) in [5, 5.41) is 3.11. The second-order valence-corrected chi connectivity index (χ2v) is 13.1. The number of anilines is 1. The number of nitrogens with one attached hydrogen (secondary N) is 1. The maximum absolute atomic E-state index is 15.0. The van der Waals surface area contributed by atoms with E-state index in [0.29, 0.717) is 35.9 Å². The molecule has 3 atom stereocenters. The Morgan fingerprint density at radius 2 is 1.59 bits per heavy atom. The summed E-state index contributed by atoms with van der Waals surface area (Å²) in [6.07, 6.45) is 6.54. The Hall–Kier alpha value is -5.51. The van der Waals surface area contributed by atoms with Crippen LogP contribution in [0.3, 0.4) is 0 Å². The molecule has 2 aliphatic carbocycles. The molecule has 1 aromatic heterocycles. The van der Waals surface area contributed by atoms with Crippen LogP contribution in [0.4, 0.5) is 5.69 Å². The molecule has 4 aromatic rings. The number of methoxy groups -OCH3 is 2. The van der Waals surface area contributed by atoms with Crippen LogP contribution >= 0.6 is 0 Å². The molecule has 1 aliphatic heterocycles. The van der Waals surface area contributed by atoms with Gasteiger partial charge in [0.15, 0.2) is 0 Å². The molecular formula is C39H38N4O6. The van der Waals surface area contributed by atoms with E-state index in [4.69, 9.17) is 9.47 Å². The number of rotatable bonds is 9. The number of aromatic nitrogens is 1. The maximum atomic E-state index is 15.0. The fourth-order valence-electron chi connectivity index (χ4n) is 7.86. The van der Waals surface area contributed by atoms with Gasteiger partial charge in [-0.15, -0.1) is 0 Å². The molecule has 0 spiro atoms. The second kappa shape index (κ2) is 13.2. The Kier molecular flexibility index (Phi) is 8.62. The lowest BCUT2D eigenvalue weighted by atomic mass is 9.62. The molecule has 250 valence electrons. The van der Waals surface area contributed by atoms with E-state index in [1.807, 2.05) is 12.1 Å². The normalized spacial score (nSPS) is 20.9. The summed E-state index contributed by atoms with van der Waals surface area (Å²) in [5.74, 6) is -0.445. The van der Waals surface area contributed by atoms with Gasteiger partial charge in [0.05, 0.1) is 31.0 Å². The first-order valence-corrected chi connectivity index (χ1v) is 16.6. The third-order valence-corrected chi connectivity index (χ3v) is 10.4. The maximum Gasteiger partial charge on any atom is 0.262 e. The molecule has 0 unspecified atom stereocenters. The lowest BCUT2D eigenvalue weighted by molar-refractivity contribution is -0.151. The monoisotopic (exact) mass is 658 g/mol. The van der Waals surface area contributed by atoms with Crippen molar-refractivity contribution in [2.75, 3.05) is 26.1 Å². The molecule has 4 amide bonds. The summed E-state index contributed by atoms with van der Waals surface area (Å²) in [6.45, 7) is -0.429. The van der Waals surface area contributed by atoms with Gasteiger partial charge in [-0.3, -0.25) is 29.1 Å². The van der Waals surface area contributed by atoms with Gasteiger partial charge in [0.25, 0.3) is 11.8 Å². The summed E-state index contributed by atoms with van der Waals surface area (Å²) in [7, 11) is 3.07. The van der Waals surface area contributed by atoms with E-state index in [1.165, 1.54) is 18.2 Å². The first kappa shape index (κ1) is 32.1. The first-order chi connectivity index (χ1) is 23.8. The van der Waals surface area contributed by atoms with Gasteiger partial charge >= 0.3 is 0 Å². The zero-order valence-electron chi connectivity index (χ0n) is 27.6. The van der Waals surface area contributed by atoms with Crippen molar-refractivity contribution in [3.05, 3.63) is 119 Å². The van der Waals surface area contributed by atoms with Crippen LogP contribution in [0.15, 0.2) is 91.3 Å². The molecule has 49 heavy (non-hydrogen) atoms. The van der Waals surface area contributed by atoms with Crippen molar-refractivity contribution in [3.8, 4) is 11.5 Å². The number of hydrogen-bond acceptors (Lipinski definition) is 7. The number of carbonyl (C=O) groups excluding carboxylic acids is 4. The largest absolute Gasteiger partial charge is 0.497 e. The number of benzene rings is 3. The predicted octanol–water partition coefficient (Wildman–Crippen LogP) is 5.32. The number of fused-ring (bicyclic) bond motifs is 3. The summed E-state index contributed by atoms with van der Waals surface area (Å²) < 4.78 is 11.0. The molecule has 1 N–H and O–H groups in total. The Morgan fingerprint density at radius 3 is 2.24 bits per heavy atom. The minimum Gasteiger partial charge on any atom is -0.497 e. The number of amides is 4. The van der Waals surface area contributed by atoms with E-state index in [1.54, 1.807) is 72.9 Å². The Bertz CT molecular complexity index is 1890. The number of imide groups is 1. The van der Waals surface area contributed by atoms with Crippen molar-refractivity contribution >= 4 is 29.3 Å². The Balaban J connectivity index is 1.29. The van der Waals surface area contributed by atoms with Crippen molar-refractivity contribution in [1.29, 1.82) is 0 Å². The van der Waals surface area contributed by atoms with Crippen LogP contribution in [0.2, 0.25) is 0 Å². The van der Waals surface area contributed by atoms with E-state index in [0.717, 1.165) is 29.7 Å². The number of pyridine rings is 1. The minimum atomic E-state index is -1.32. The molecule has 0 radical (unpaired) electrons. The second-order valence-electron chi connectivity index (χ2n) is 13.1. The fourth-order valence-corrected chi connectivity index (χ4v) is 7.86. The van der Waals surface area contributed by atoms with Gasteiger partial charge in [0.2, 0.25) is 11.8 Å². The van der Waals surface area contributed by atoms with Gasteiger partial charge in [-0.2, -0.15) is 0 Å². The van der Waals surface area contributed by atoms with Crippen LogP contribution in [0.1, 0.15) is 56.7 Å². The molecule has 10 nitrogen and oxygen atoms in total. The number of carbonyl (C=O) groups is 4. The Morgan fingerprint density at radius 1 is 0.898 bits per heavy atom. The lowest BCUT2D eigenvalue weighted by Gasteiger charge is -2.51. The van der Waals surface area contributed by atoms with Crippen LogP contribution in [0, 0.1) is 11.8 Å². The van der Waals surface area contributed by atoms with Gasteiger partial charge in [-0.25, -0.2) is 0 Å². The van der Waals surface area contributed by atoms with Crippen LogP contribution in [0.25, 0.3) is 0 Å². The molecule has 3 aromatic carbocycles. The van der Waals surface area contributed by atoms with Gasteiger partial charge < -0.3 is 19.7 Å². The molecule has 1 saturated carbocycles. The van der Waals surface area contributed by atoms with Gasteiger partial charge in [-0.05, 0) is 91.0 Å². The van der Waals surface area contributed by atoms with Crippen molar-refractivity contribution in [2.24, 2.45) is 11.8 Å². The third-order valence-electron chi connectivity index (χ3n) is 10.4. The standard InChI is InChI=1S/C39H38N4O6/c1-48-30-13-14-33(34(20-30)49-2)41-38(47)39(16-15-28-18-26-9-3-4-10-27(26)19-29(28)21-39)43(23-25-8-7-17-40-22-25)35(44)24-42-36(45)31-11-5-6-12-32(31)37(42)46/h3-14,17,20,22,28-29H,15-16,18-19,21,23-24H2,1-2H3,(H,41,47)/t28-,29-,39+/m1/s1. The lowest BCUT2D eigenvalue weighted by Crippen LogP contribution is -2.63. The molecular weight excluding hydrogens is 620 g/mol. The molecule has 7 rings (SSSR count). The quantitative estimate of drug-likeness (QED) is 0.242. The van der Waals surface area contributed by atoms with Crippen LogP contribution in [-0.2, 0) is 29.0 Å². The van der Waals surface area contributed by atoms with E-state index in [-0.39, 0.29) is 29.5 Å². The highest BCUT2D eigenvalue weighted by atomic mass is 16.5. The van der Waals surface area contributed by atoms with Gasteiger partial charge in [-0.1, -0.05) is 42.5 Å². The van der Waals surface area contributed by atoms with Crippen molar-refractivity contribution < 1.29 is 28.7 Å². The topological polar surface area (TPSA) is 118 Å². The van der Waals surface area contributed by atoms with Crippen LogP contribution in [0.5, 0.6) is 11.5 Å². The minimum absolute atomic E-state index is 0.0665. The van der Waals surface area contributed by atoms with E-state index in [2.05, 4.69) is 28.5 Å². The van der Waals surface area contributed by atoms with E-state index in [9.17, 15) is 19.2 Å². The summed E-state index contributed by atoms with van der Waals surface area (Å²) >= 11 is 0. The highest BCUT2D eigenvalue weighted by Gasteiger charge is 2.53. The van der Waals surface area contributed by atoms with Gasteiger partial charge in [0.1, 0.15) is 23.6 Å². The van der Waals surface area contributed by atoms with Gasteiger partial charge in [0, 0.05) is 25.0 Å². The molecule has 2 heterocycles. The van der Waals surface area contributed by atoms with Crippen LogP contribution in [-0.4, -0.2) is 64.7 Å². The zero-order valence-corrected chi connectivity index (χ0v) is 27.6. The van der Waals surface area contributed by atoms with E-state index < -0.39 is 29.8 Å². The van der Waals surface area contributed by atoms with Crippen molar-refractivity contribution in [1.82, 2.24) is 14.8 Å². The average Bonchev–Trinajstić information content (AvgIpc) is 3.37. The molecule has 10 heteroatoms. The zero-order chi connectivity index (χ0) is 34.1.